The standard InChI is InChI=1S/C20H37FO2/c1-3-5-6-7-8-9-10-11-13-16-19(21)17-14-12-15-18-23-20(22)4-2/h4,19H,2-3,5-18H2,1H3. The van der Waals surface area contributed by atoms with E-state index in [1.54, 1.807) is 0 Å². The molecule has 0 aliphatic heterocycles. The molecule has 0 N–H and O–H groups in total. The fourth-order valence-corrected chi connectivity index (χ4v) is 2.70. The van der Waals surface area contributed by atoms with Crippen LogP contribution in [0.5, 0.6) is 0 Å². The number of unbranched alkanes of at least 4 members (excludes halogenated alkanes) is 10. The van der Waals surface area contributed by atoms with Crippen LogP contribution in [0.1, 0.15) is 96.8 Å². The topological polar surface area (TPSA) is 26.3 Å². The molecule has 0 fully saturated rings. The molecule has 0 spiro atoms. The molecule has 0 rings (SSSR count). The van der Waals surface area contributed by atoms with Crippen LogP contribution < -0.4 is 0 Å². The summed E-state index contributed by atoms with van der Waals surface area (Å²) in [6.07, 6.45) is 16.0. The number of carbonyl (C=O) groups is 1. The molecule has 136 valence electrons. The third-order valence-electron chi connectivity index (χ3n) is 4.19. The molecule has 1 atom stereocenters. The molecule has 2 nitrogen and oxygen atoms in total. The third-order valence-corrected chi connectivity index (χ3v) is 4.19. The smallest absolute Gasteiger partial charge is 0.330 e. The van der Waals surface area contributed by atoms with Crippen LogP contribution in [0.2, 0.25) is 0 Å². The van der Waals surface area contributed by atoms with Crippen molar-refractivity contribution in [3.05, 3.63) is 12.7 Å². The highest BCUT2D eigenvalue weighted by atomic mass is 19.1. The van der Waals surface area contributed by atoms with E-state index in [0.29, 0.717) is 19.4 Å². The van der Waals surface area contributed by atoms with Gasteiger partial charge in [0.2, 0.25) is 0 Å². The zero-order valence-corrected chi connectivity index (χ0v) is 15.2. The van der Waals surface area contributed by atoms with Crippen LogP contribution in [0.4, 0.5) is 4.39 Å². The van der Waals surface area contributed by atoms with Crippen LogP contribution >= 0.6 is 0 Å². The van der Waals surface area contributed by atoms with Gasteiger partial charge in [-0.25, -0.2) is 9.18 Å². The number of halogens is 1. The number of esters is 1. The number of hydrogen-bond acceptors (Lipinski definition) is 2. The number of rotatable bonds is 17. The Bertz CT molecular complexity index is 279. The van der Waals surface area contributed by atoms with Gasteiger partial charge in [-0.3, -0.25) is 0 Å². The molecular weight excluding hydrogens is 291 g/mol. The van der Waals surface area contributed by atoms with Crippen LogP contribution in [0.3, 0.4) is 0 Å². The first kappa shape index (κ1) is 22.1. The van der Waals surface area contributed by atoms with Crippen molar-refractivity contribution < 1.29 is 13.9 Å². The van der Waals surface area contributed by atoms with Crippen molar-refractivity contribution >= 4 is 5.97 Å². The van der Waals surface area contributed by atoms with E-state index < -0.39 is 6.17 Å². The number of ether oxygens (including phenoxy) is 1. The minimum absolute atomic E-state index is 0.376. The van der Waals surface area contributed by atoms with Gasteiger partial charge >= 0.3 is 5.97 Å². The molecule has 0 aromatic heterocycles. The van der Waals surface area contributed by atoms with E-state index in [0.717, 1.165) is 25.7 Å². The van der Waals surface area contributed by atoms with Gasteiger partial charge in [0, 0.05) is 6.08 Å². The Labute approximate surface area is 142 Å². The molecule has 1 unspecified atom stereocenters. The van der Waals surface area contributed by atoms with Crippen molar-refractivity contribution in [2.24, 2.45) is 0 Å². The van der Waals surface area contributed by atoms with Gasteiger partial charge in [0.15, 0.2) is 0 Å². The second-order valence-corrected chi connectivity index (χ2v) is 6.44. The van der Waals surface area contributed by atoms with Gasteiger partial charge in [-0.05, 0) is 25.7 Å². The Morgan fingerprint density at radius 1 is 0.913 bits per heavy atom. The fraction of sp³-hybridized carbons (Fsp3) is 0.850. The first-order chi connectivity index (χ1) is 11.2. The first-order valence-electron chi connectivity index (χ1n) is 9.64. The maximum absolute atomic E-state index is 13.7. The average Bonchev–Trinajstić information content (AvgIpc) is 2.56. The molecule has 0 amide bonds. The molecule has 0 saturated carbocycles. The monoisotopic (exact) mass is 328 g/mol. The molecular formula is C20H37FO2. The summed E-state index contributed by atoms with van der Waals surface area (Å²) in [4.78, 5) is 10.8. The summed E-state index contributed by atoms with van der Waals surface area (Å²) in [5, 5.41) is 0. The lowest BCUT2D eigenvalue weighted by molar-refractivity contribution is -0.137. The normalized spacial score (nSPS) is 12.1. The summed E-state index contributed by atoms with van der Waals surface area (Å²) in [6.45, 7) is 6.00. The van der Waals surface area contributed by atoms with Crippen molar-refractivity contribution in [3.63, 3.8) is 0 Å². The van der Waals surface area contributed by atoms with Crippen molar-refractivity contribution in [1.29, 1.82) is 0 Å². The Balaban J connectivity index is 3.20. The summed E-state index contributed by atoms with van der Waals surface area (Å²) < 4.78 is 18.6. The highest BCUT2D eigenvalue weighted by molar-refractivity contribution is 5.81. The summed E-state index contributed by atoms with van der Waals surface area (Å²) in [5.74, 6) is -0.376. The van der Waals surface area contributed by atoms with Crippen molar-refractivity contribution in [1.82, 2.24) is 0 Å². The minimum atomic E-state index is -0.657. The van der Waals surface area contributed by atoms with Gasteiger partial charge in [-0.15, -0.1) is 0 Å². The van der Waals surface area contributed by atoms with Gasteiger partial charge in [0.1, 0.15) is 6.17 Å². The Kier molecular flexibility index (Phi) is 16.8. The lowest BCUT2D eigenvalue weighted by Crippen LogP contribution is -2.03. The van der Waals surface area contributed by atoms with E-state index in [1.165, 1.54) is 57.4 Å². The molecule has 0 aliphatic rings. The van der Waals surface area contributed by atoms with Gasteiger partial charge in [0.25, 0.3) is 0 Å². The van der Waals surface area contributed by atoms with Crippen LogP contribution in [0, 0.1) is 0 Å². The second-order valence-electron chi connectivity index (χ2n) is 6.44. The highest BCUT2D eigenvalue weighted by Crippen LogP contribution is 2.16. The Morgan fingerprint density at radius 2 is 1.39 bits per heavy atom. The summed E-state index contributed by atoms with van der Waals surface area (Å²) in [5.41, 5.74) is 0. The molecule has 0 saturated heterocycles. The van der Waals surface area contributed by atoms with E-state index in [9.17, 15) is 9.18 Å². The van der Waals surface area contributed by atoms with E-state index in [4.69, 9.17) is 4.74 Å². The van der Waals surface area contributed by atoms with Crippen molar-refractivity contribution in [2.75, 3.05) is 6.61 Å². The lowest BCUT2D eigenvalue weighted by Gasteiger charge is -2.08. The Hall–Kier alpha value is -0.860. The molecule has 0 aromatic rings. The van der Waals surface area contributed by atoms with Crippen LogP contribution in [-0.4, -0.2) is 18.7 Å². The largest absolute Gasteiger partial charge is 0.463 e. The zero-order valence-electron chi connectivity index (χ0n) is 15.2. The van der Waals surface area contributed by atoms with Crippen molar-refractivity contribution in [3.8, 4) is 0 Å². The van der Waals surface area contributed by atoms with E-state index in [1.807, 2.05) is 0 Å². The van der Waals surface area contributed by atoms with Crippen molar-refractivity contribution in [2.45, 2.75) is 103 Å². The fourth-order valence-electron chi connectivity index (χ4n) is 2.70. The van der Waals surface area contributed by atoms with Crippen LogP contribution in [0.25, 0.3) is 0 Å². The van der Waals surface area contributed by atoms with Gasteiger partial charge in [0.05, 0.1) is 6.61 Å². The predicted molar refractivity (Wildman–Crippen MR) is 96.4 cm³/mol. The average molecular weight is 329 g/mol. The SMILES string of the molecule is C=CC(=O)OCCCCCC(F)CCCCCCCCCCC. The van der Waals surface area contributed by atoms with E-state index in [2.05, 4.69) is 13.5 Å². The molecule has 0 bridgehead atoms. The molecule has 23 heavy (non-hydrogen) atoms. The Morgan fingerprint density at radius 3 is 1.91 bits per heavy atom. The minimum Gasteiger partial charge on any atom is -0.463 e. The summed E-state index contributed by atoms with van der Waals surface area (Å²) in [7, 11) is 0. The second kappa shape index (κ2) is 17.5. The summed E-state index contributed by atoms with van der Waals surface area (Å²) in [6, 6.07) is 0. The number of alkyl halides is 1. The van der Waals surface area contributed by atoms with Gasteiger partial charge in [-0.2, -0.15) is 0 Å². The maximum atomic E-state index is 13.7. The van der Waals surface area contributed by atoms with Crippen LogP contribution in [-0.2, 0) is 9.53 Å². The van der Waals surface area contributed by atoms with E-state index >= 15 is 0 Å². The molecule has 0 radical (unpaired) electrons. The quantitative estimate of drug-likeness (QED) is 0.172. The number of hydrogen-bond donors (Lipinski definition) is 0. The lowest BCUT2D eigenvalue weighted by atomic mass is 10.0. The van der Waals surface area contributed by atoms with Gasteiger partial charge in [-0.1, -0.05) is 77.7 Å². The molecule has 3 heteroatoms. The van der Waals surface area contributed by atoms with Gasteiger partial charge < -0.3 is 4.74 Å². The summed E-state index contributed by atoms with van der Waals surface area (Å²) >= 11 is 0. The van der Waals surface area contributed by atoms with E-state index in [-0.39, 0.29) is 5.97 Å². The predicted octanol–water partition coefficient (Wildman–Crippen LogP) is 6.54. The number of carbonyl (C=O) groups excluding carboxylic acids is 1. The zero-order chi connectivity index (χ0) is 17.2. The first-order valence-corrected chi connectivity index (χ1v) is 9.64. The van der Waals surface area contributed by atoms with Crippen LogP contribution in [0.15, 0.2) is 12.7 Å². The molecule has 0 aliphatic carbocycles. The molecule has 0 aromatic carbocycles. The molecule has 0 heterocycles. The highest BCUT2D eigenvalue weighted by Gasteiger charge is 2.06. The third kappa shape index (κ3) is 17.3. The maximum Gasteiger partial charge on any atom is 0.330 e.